The van der Waals surface area contributed by atoms with E-state index in [4.69, 9.17) is 9.47 Å². The summed E-state index contributed by atoms with van der Waals surface area (Å²) >= 11 is 0. The van der Waals surface area contributed by atoms with Crippen molar-refractivity contribution in [3.63, 3.8) is 0 Å². The minimum atomic E-state index is -0.818. The number of ether oxygens (including phenoxy) is 2. The van der Waals surface area contributed by atoms with E-state index >= 15 is 0 Å². The van der Waals surface area contributed by atoms with Crippen molar-refractivity contribution in [3.8, 4) is 11.5 Å². The fourth-order valence-corrected chi connectivity index (χ4v) is 3.02. The molecule has 0 spiro atoms. The monoisotopic (exact) mass is 278 g/mol. The number of nitrogens with one attached hydrogen (secondary N) is 1. The first-order chi connectivity index (χ1) is 9.57. The highest BCUT2D eigenvalue weighted by atomic mass is 16.7. The Morgan fingerprint density at radius 2 is 2.00 bits per heavy atom. The van der Waals surface area contributed by atoms with Gasteiger partial charge in [0.15, 0.2) is 17.3 Å². The van der Waals surface area contributed by atoms with Crippen LogP contribution in [0.4, 0.5) is 0 Å². The summed E-state index contributed by atoms with van der Waals surface area (Å²) < 4.78 is 10.7. The van der Waals surface area contributed by atoms with Crippen LogP contribution in [0.25, 0.3) is 0 Å². The van der Waals surface area contributed by atoms with Gasteiger partial charge in [0.05, 0.1) is 13.1 Å². The second-order valence-electron chi connectivity index (χ2n) is 5.73. The molecule has 108 valence electrons. The molecule has 1 aromatic carbocycles. The van der Waals surface area contributed by atoms with Crippen molar-refractivity contribution >= 4 is 5.78 Å². The Morgan fingerprint density at radius 1 is 1.30 bits per heavy atom. The molecule has 0 saturated carbocycles. The van der Waals surface area contributed by atoms with Crippen molar-refractivity contribution in [2.45, 2.75) is 25.4 Å². The topological polar surface area (TPSA) is 60.2 Å². The van der Waals surface area contributed by atoms with Crippen LogP contribution >= 0.6 is 0 Å². The van der Waals surface area contributed by atoms with Crippen LogP contribution in [0.2, 0.25) is 0 Å². The lowest BCUT2D eigenvalue weighted by Gasteiger charge is -2.36. The first kappa shape index (κ1) is 13.4. The number of hydrogen-bond acceptors (Lipinski definition) is 4. The van der Waals surface area contributed by atoms with Crippen molar-refractivity contribution in [1.29, 1.82) is 0 Å². The van der Waals surface area contributed by atoms with Crippen molar-refractivity contribution in [1.82, 2.24) is 0 Å². The molecule has 0 aromatic heterocycles. The third-order valence-electron chi connectivity index (χ3n) is 4.19. The van der Waals surface area contributed by atoms with Crippen LogP contribution in [0.1, 0.15) is 25.3 Å². The Labute approximate surface area is 118 Å². The third kappa shape index (κ3) is 2.51. The lowest BCUT2D eigenvalue weighted by Crippen LogP contribution is -3.14. The van der Waals surface area contributed by atoms with Gasteiger partial charge in [-0.2, -0.15) is 0 Å². The molecule has 0 atom stereocenters. The molecule has 0 radical (unpaired) electrons. The van der Waals surface area contributed by atoms with Crippen LogP contribution in [-0.4, -0.2) is 37.3 Å². The van der Waals surface area contributed by atoms with Gasteiger partial charge in [0, 0.05) is 19.8 Å². The Kier molecular flexibility index (Phi) is 3.40. The van der Waals surface area contributed by atoms with Gasteiger partial charge in [-0.05, 0) is 17.7 Å². The van der Waals surface area contributed by atoms with Crippen molar-refractivity contribution in [2.75, 3.05) is 26.4 Å². The number of benzene rings is 1. The molecule has 0 amide bonds. The molecular formula is C15H20NO4+. The van der Waals surface area contributed by atoms with Gasteiger partial charge in [0.1, 0.15) is 12.1 Å². The molecule has 2 heterocycles. The van der Waals surface area contributed by atoms with Gasteiger partial charge in [-0.1, -0.05) is 6.07 Å². The number of ketones is 1. The van der Waals surface area contributed by atoms with E-state index in [1.807, 2.05) is 18.2 Å². The largest absolute Gasteiger partial charge is 0.454 e. The number of fused-ring (bicyclic) bond motifs is 1. The van der Waals surface area contributed by atoms with Gasteiger partial charge in [0.25, 0.3) is 0 Å². The number of carbonyl (C=O) groups is 1. The van der Waals surface area contributed by atoms with Crippen molar-refractivity contribution < 1.29 is 24.3 Å². The standard InChI is InChI=1S/C15H19NO4/c1-11(17)9-16-6-4-15(18,5-7-16)12-2-3-13-14(8-12)20-10-19-13/h2-3,8,18H,4-7,9-10H2,1H3/p+1. The highest BCUT2D eigenvalue weighted by molar-refractivity contribution is 5.76. The summed E-state index contributed by atoms with van der Waals surface area (Å²) in [4.78, 5) is 12.4. The molecule has 2 N–H and O–H groups in total. The number of likely N-dealkylation sites (tertiary alicyclic amines) is 1. The second-order valence-corrected chi connectivity index (χ2v) is 5.73. The van der Waals surface area contributed by atoms with Crippen molar-refractivity contribution in [3.05, 3.63) is 23.8 Å². The van der Waals surface area contributed by atoms with Crippen LogP contribution in [-0.2, 0) is 10.4 Å². The van der Waals surface area contributed by atoms with Gasteiger partial charge in [0.2, 0.25) is 6.79 Å². The molecule has 1 fully saturated rings. The second kappa shape index (κ2) is 5.07. The normalized spacial score (nSPS) is 28.4. The number of hydrogen-bond donors (Lipinski definition) is 2. The Morgan fingerprint density at radius 3 is 2.70 bits per heavy atom. The molecule has 1 saturated heterocycles. The highest BCUT2D eigenvalue weighted by Gasteiger charge is 2.37. The van der Waals surface area contributed by atoms with E-state index in [1.54, 1.807) is 6.92 Å². The van der Waals surface area contributed by atoms with Gasteiger partial charge in [-0.25, -0.2) is 0 Å². The predicted molar refractivity (Wildman–Crippen MR) is 71.9 cm³/mol. The number of piperidine rings is 1. The van der Waals surface area contributed by atoms with Gasteiger partial charge >= 0.3 is 0 Å². The first-order valence-electron chi connectivity index (χ1n) is 7.02. The van der Waals surface area contributed by atoms with Crippen LogP contribution in [0.15, 0.2) is 18.2 Å². The summed E-state index contributed by atoms with van der Waals surface area (Å²) in [5.41, 5.74) is 0.0602. The lowest BCUT2D eigenvalue weighted by molar-refractivity contribution is -0.899. The van der Waals surface area contributed by atoms with Crippen LogP contribution in [0, 0.1) is 0 Å². The lowest BCUT2D eigenvalue weighted by atomic mass is 9.84. The fraction of sp³-hybridized carbons (Fsp3) is 0.533. The maximum atomic E-state index is 11.2. The van der Waals surface area contributed by atoms with E-state index in [0.29, 0.717) is 25.1 Å². The average molecular weight is 278 g/mol. The Hall–Kier alpha value is -1.59. The van der Waals surface area contributed by atoms with E-state index in [2.05, 4.69) is 0 Å². The zero-order valence-corrected chi connectivity index (χ0v) is 11.6. The van der Waals surface area contributed by atoms with E-state index in [0.717, 1.165) is 24.4 Å². The highest BCUT2D eigenvalue weighted by Crippen LogP contribution is 2.38. The molecule has 0 unspecified atom stereocenters. The molecule has 0 aliphatic carbocycles. The third-order valence-corrected chi connectivity index (χ3v) is 4.19. The minimum Gasteiger partial charge on any atom is -0.454 e. The maximum absolute atomic E-state index is 11.2. The SMILES string of the molecule is CC(=O)C[NH+]1CCC(O)(c2ccc3c(c2)OCO3)CC1. The summed E-state index contributed by atoms with van der Waals surface area (Å²) in [6, 6.07) is 5.63. The fourth-order valence-electron chi connectivity index (χ4n) is 3.02. The maximum Gasteiger partial charge on any atom is 0.231 e. The molecule has 1 aromatic rings. The molecular weight excluding hydrogens is 258 g/mol. The number of quaternary nitrogens is 1. The molecule has 2 aliphatic rings. The van der Waals surface area contributed by atoms with Crippen LogP contribution < -0.4 is 14.4 Å². The Bertz CT molecular complexity index is 521. The summed E-state index contributed by atoms with van der Waals surface area (Å²) in [6.45, 7) is 4.03. The summed E-state index contributed by atoms with van der Waals surface area (Å²) in [7, 11) is 0. The Balaban J connectivity index is 1.72. The number of carbonyl (C=O) groups excluding carboxylic acids is 1. The van der Waals surface area contributed by atoms with Gasteiger partial charge in [-0.3, -0.25) is 4.79 Å². The molecule has 5 nitrogen and oxygen atoms in total. The van der Waals surface area contributed by atoms with E-state index in [1.165, 1.54) is 4.90 Å². The molecule has 0 bridgehead atoms. The zero-order valence-electron chi connectivity index (χ0n) is 11.6. The van der Waals surface area contributed by atoms with Crippen LogP contribution in [0.3, 0.4) is 0 Å². The smallest absolute Gasteiger partial charge is 0.231 e. The molecule has 2 aliphatic heterocycles. The van der Waals surface area contributed by atoms with Crippen LogP contribution in [0.5, 0.6) is 11.5 Å². The first-order valence-corrected chi connectivity index (χ1v) is 7.02. The van der Waals surface area contributed by atoms with Crippen molar-refractivity contribution in [2.24, 2.45) is 0 Å². The van der Waals surface area contributed by atoms with E-state index < -0.39 is 5.60 Å². The van der Waals surface area contributed by atoms with E-state index in [-0.39, 0.29) is 12.6 Å². The molecule has 5 heteroatoms. The summed E-state index contributed by atoms with van der Waals surface area (Å²) in [5, 5.41) is 10.8. The van der Waals surface area contributed by atoms with E-state index in [9.17, 15) is 9.90 Å². The molecule has 3 rings (SSSR count). The number of Topliss-reactive ketones (excluding diaryl/α,β-unsaturated/α-hetero) is 1. The minimum absolute atomic E-state index is 0.202. The molecule has 20 heavy (non-hydrogen) atoms. The quantitative estimate of drug-likeness (QED) is 0.809. The predicted octanol–water partition coefficient (Wildman–Crippen LogP) is -0.129. The summed E-state index contributed by atoms with van der Waals surface area (Å²) in [5.74, 6) is 1.64. The average Bonchev–Trinajstić information content (AvgIpc) is 2.88. The van der Waals surface area contributed by atoms with Gasteiger partial charge < -0.3 is 19.5 Å². The van der Waals surface area contributed by atoms with Gasteiger partial charge in [-0.15, -0.1) is 0 Å². The number of rotatable bonds is 3. The number of aliphatic hydroxyl groups is 1. The zero-order chi connectivity index (χ0) is 14.2. The summed E-state index contributed by atoms with van der Waals surface area (Å²) in [6.07, 6.45) is 1.32.